The Morgan fingerprint density at radius 3 is 1.37 bits per heavy atom. The molecule has 0 aromatic heterocycles. The van der Waals surface area contributed by atoms with Gasteiger partial charge in [0.15, 0.2) is 0 Å². The summed E-state index contributed by atoms with van der Waals surface area (Å²) in [5, 5.41) is 20.8. The lowest BCUT2D eigenvalue weighted by atomic mass is 9.61. The van der Waals surface area contributed by atoms with Crippen molar-refractivity contribution in [3.8, 4) is 34.4 Å². The molecule has 0 fully saturated rings. The fourth-order valence-corrected chi connectivity index (χ4v) is 10.3. The van der Waals surface area contributed by atoms with Crippen LogP contribution in [0.1, 0.15) is 44.5 Å². The fraction of sp³-hybridized carbons (Fsp3) is 0.0526. The zero-order chi connectivity index (χ0) is 46.2. The Bertz CT molecular complexity index is 3500. The van der Waals surface area contributed by atoms with Gasteiger partial charge in [0, 0.05) is 22.4 Å². The third-order valence-electron chi connectivity index (χ3n) is 13.0. The van der Waals surface area contributed by atoms with Crippen molar-refractivity contribution in [3.63, 3.8) is 0 Å². The number of benzene rings is 9. The first-order valence-electron chi connectivity index (χ1n) is 21.3. The van der Waals surface area contributed by atoms with Gasteiger partial charge in [0.05, 0.1) is 56.9 Å². The van der Waals surface area contributed by atoms with Crippen molar-refractivity contribution >= 4 is 44.9 Å². The average Bonchev–Trinajstić information content (AvgIpc) is 3.64. The van der Waals surface area contributed by atoms with Crippen molar-refractivity contribution in [2.75, 3.05) is 9.80 Å². The number of para-hydroxylation sites is 2. The molecule has 0 saturated carbocycles. The minimum atomic E-state index is -4.71. The van der Waals surface area contributed by atoms with E-state index in [0.29, 0.717) is 39.3 Å². The Hall–Kier alpha value is -8.60. The van der Waals surface area contributed by atoms with E-state index in [9.17, 15) is 36.9 Å². The Balaban J connectivity index is 1.24. The highest BCUT2D eigenvalue weighted by molar-refractivity contribution is 6.13. The van der Waals surface area contributed by atoms with Gasteiger partial charge in [0.1, 0.15) is 0 Å². The third kappa shape index (κ3) is 6.29. The van der Waals surface area contributed by atoms with E-state index in [2.05, 4.69) is 36.4 Å². The van der Waals surface area contributed by atoms with Gasteiger partial charge < -0.3 is 9.80 Å². The molecule has 322 valence electrons. The third-order valence-corrected chi connectivity index (χ3v) is 13.0. The number of hydrogen-bond donors (Lipinski definition) is 0. The molecule has 0 bridgehead atoms. The zero-order valence-electron chi connectivity index (χ0n) is 35.0. The molecule has 1 spiro atoms. The summed E-state index contributed by atoms with van der Waals surface area (Å²) in [4.78, 5) is 3.15. The molecule has 9 aromatic rings. The van der Waals surface area contributed by atoms with E-state index in [0.717, 1.165) is 62.0 Å². The molecule has 0 heterocycles. The molecule has 0 radical (unpaired) electrons. The minimum absolute atomic E-state index is 0.102. The predicted molar refractivity (Wildman–Crippen MR) is 249 cm³/mol. The van der Waals surface area contributed by atoms with Crippen LogP contribution in [0.4, 0.5) is 60.5 Å². The molecule has 4 nitrogen and oxygen atoms in total. The summed E-state index contributed by atoms with van der Waals surface area (Å²) in [6.07, 6.45) is -9.42. The second-order valence-electron chi connectivity index (χ2n) is 16.4. The van der Waals surface area contributed by atoms with Crippen LogP contribution in [0.2, 0.25) is 0 Å². The first kappa shape index (κ1) is 41.1. The summed E-state index contributed by atoms with van der Waals surface area (Å²) in [6.45, 7) is 0. The van der Waals surface area contributed by atoms with Crippen molar-refractivity contribution in [1.29, 1.82) is 10.5 Å². The van der Waals surface area contributed by atoms with Gasteiger partial charge in [0.2, 0.25) is 0 Å². The van der Waals surface area contributed by atoms with Gasteiger partial charge in [-0.3, -0.25) is 0 Å². The lowest BCUT2D eigenvalue weighted by Crippen LogP contribution is -2.32. The van der Waals surface area contributed by atoms with Crippen molar-refractivity contribution in [2.24, 2.45) is 0 Å². The Morgan fingerprint density at radius 2 is 0.821 bits per heavy atom. The first-order chi connectivity index (χ1) is 32.4. The van der Waals surface area contributed by atoms with Gasteiger partial charge in [-0.1, -0.05) is 103 Å². The summed E-state index contributed by atoms with van der Waals surface area (Å²) in [7, 11) is 0. The molecule has 10 heteroatoms. The summed E-state index contributed by atoms with van der Waals surface area (Å²) in [5.74, 6) is 0. The van der Waals surface area contributed by atoms with Crippen LogP contribution in [0.5, 0.6) is 0 Å². The average molecular weight is 887 g/mol. The number of hydrogen-bond acceptors (Lipinski definition) is 4. The van der Waals surface area contributed by atoms with Crippen LogP contribution in [-0.2, 0) is 17.8 Å². The molecule has 11 rings (SSSR count). The van der Waals surface area contributed by atoms with E-state index in [-0.39, 0.29) is 11.4 Å². The molecule has 0 unspecified atom stereocenters. The second-order valence-corrected chi connectivity index (χ2v) is 16.4. The Labute approximate surface area is 381 Å². The first-order valence-corrected chi connectivity index (χ1v) is 21.3. The van der Waals surface area contributed by atoms with E-state index >= 15 is 0 Å². The van der Waals surface area contributed by atoms with Crippen LogP contribution >= 0.6 is 0 Å². The highest BCUT2D eigenvalue weighted by atomic mass is 19.4. The number of nitrogens with zero attached hydrogens (tertiary/aromatic N) is 4. The number of halogens is 6. The van der Waals surface area contributed by atoms with Gasteiger partial charge in [-0.2, -0.15) is 36.9 Å². The smallest absolute Gasteiger partial charge is 0.310 e. The maximum atomic E-state index is 15.0. The number of alkyl halides is 6. The van der Waals surface area contributed by atoms with Gasteiger partial charge in [-0.05, 0) is 141 Å². The molecular formula is C57H32F6N4. The SMILES string of the molecule is N#Cc1ccc(N(c2ccc3c(c2)C2(c4ccccc4-c4ccccc42)c2cccc4c(N(c5ccc(C#N)cc5)c5ccccc5C(F)(F)F)ccc-3c24)c2ccccc2C(F)(F)F)cc1. The van der Waals surface area contributed by atoms with E-state index in [1.54, 1.807) is 76.5 Å². The standard InChI is InChI=1S/C57H32F6N4/c58-56(59,60)47-15-5-7-18-52(47)66(37-24-20-35(33-64)21-25-37)39-28-29-42-43-30-31-51(67(38-26-22-36(34-65)23-27-38)53-19-8-6-16-48(53)57(61,62)63)44-12-9-17-49(54(43)44)55(50(42)32-39)45-13-3-1-10-40(45)41-11-2-4-14-46(41)55/h1-32H. The highest BCUT2D eigenvalue weighted by Gasteiger charge is 2.51. The minimum Gasteiger partial charge on any atom is -0.310 e. The maximum absolute atomic E-state index is 15.0. The molecule has 9 aromatic carbocycles. The summed E-state index contributed by atoms with van der Waals surface area (Å²) in [6, 6.07) is 59.2. The van der Waals surface area contributed by atoms with Crippen LogP contribution < -0.4 is 9.80 Å². The van der Waals surface area contributed by atoms with Gasteiger partial charge in [-0.15, -0.1) is 0 Å². The van der Waals surface area contributed by atoms with Crippen LogP contribution in [0.25, 0.3) is 33.0 Å². The number of nitriles is 2. The molecule has 0 N–H and O–H groups in total. The van der Waals surface area contributed by atoms with Gasteiger partial charge in [-0.25, -0.2) is 0 Å². The van der Waals surface area contributed by atoms with Crippen molar-refractivity contribution in [1.82, 2.24) is 0 Å². The highest BCUT2D eigenvalue weighted by Crippen LogP contribution is 2.63. The topological polar surface area (TPSA) is 54.1 Å². The summed E-state index contributed by atoms with van der Waals surface area (Å²) >= 11 is 0. The molecule has 0 atom stereocenters. The molecule has 2 aliphatic carbocycles. The van der Waals surface area contributed by atoms with E-state index in [1.165, 1.54) is 24.3 Å². The Kier molecular flexibility index (Phi) is 9.36. The van der Waals surface area contributed by atoms with Gasteiger partial charge >= 0.3 is 12.4 Å². The predicted octanol–water partition coefficient (Wildman–Crippen LogP) is 15.9. The summed E-state index contributed by atoms with van der Waals surface area (Å²) < 4.78 is 89.9. The van der Waals surface area contributed by atoms with E-state index < -0.39 is 28.9 Å². The van der Waals surface area contributed by atoms with Gasteiger partial charge in [0.25, 0.3) is 0 Å². The molecule has 0 saturated heterocycles. The largest absolute Gasteiger partial charge is 0.418 e. The Morgan fingerprint density at radius 1 is 0.373 bits per heavy atom. The summed E-state index contributed by atoms with van der Waals surface area (Å²) in [5.41, 5.74) is 6.46. The number of rotatable bonds is 6. The van der Waals surface area contributed by atoms with E-state index in [4.69, 9.17) is 0 Å². The molecular weight excluding hydrogens is 855 g/mol. The van der Waals surface area contributed by atoms with Crippen LogP contribution in [0.15, 0.2) is 194 Å². The monoisotopic (exact) mass is 886 g/mol. The van der Waals surface area contributed by atoms with Crippen molar-refractivity contribution in [3.05, 3.63) is 239 Å². The van der Waals surface area contributed by atoms with Crippen LogP contribution in [0.3, 0.4) is 0 Å². The number of fused-ring (bicyclic) bond motifs is 9. The fourth-order valence-electron chi connectivity index (χ4n) is 10.3. The van der Waals surface area contributed by atoms with E-state index in [1.807, 2.05) is 66.7 Å². The molecule has 67 heavy (non-hydrogen) atoms. The molecule has 0 aliphatic heterocycles. The second kappa shape index (κ2) is 15.3. The molecule has 0 amide bonds. The lowest BCUT2D eigenvalue weighted by molar-refractivity contribution is -0.137. The zero-order valence-corrected chi connectivity index (χ0v) is 35.0. The quantitative estimate of drug-likeness (QED) is 0.156. The van der Waals surface area contributed by atoms with Crippen molar-refractivity contribution < 1.29 is 26.3 Å². The molecule has 2 aliphatic rings. The van der Waals surface area contributed by atoms with Crippen molar-refractivity contribution in [2.45, 2.75) is 17.8 Å². The van der Waals surface area contributed by atoms with Crippen LogP contribution in [0, 0.1) is 22.7 Å². The normalized spacial score (nSPS) is 13.0. The maximum Gasteiger partial charge on any atom is 0.418 e. The number of anilines is 6. The van der Waals surface area contributed by atoms with Crippen LogP contribution in [-0.4, -0.2) is 0 Å². The lowest BCUT2D eigenvalue weighted by Gasteiger charge is -2.41.